The van der Waals surface area contributed by atoms with Gasteiger partial charge in [-0.3, -0.25) is 0 Å². The second kappa shape index (κ2) is 8.67. The Balaban J connectivity index is 1.45. The molecule has 2 heterocycles. The van der Waals surface area contributed by atoms with Gasteiger partial charge in [-0.25, -0.2) is 9.78 Å². The first-order chi connectivity index (χ1) is 12.6. The average Bonchev–Trinajstić information content (AvgIpc) is 2.67. The molecule has 1 aliphatic heterocycles. The lowest BCUT2D eigenvalue weighted by Crippen LogP contribution is -2.42. The van der Waals surface area contributed by atoms with Crippen molar-refractivity contribution in [1.82, 2.24) is 9.88 Å². The molecule has 0 spiro atoms. The summed E-state index contributed by atoms with van der Waals surface area (Å²) >= 11 is 0. The van der Waals surface area contributed by atoms with Crippen molar-refractivity contribution in [2.45, 2.75) is 26.3 Å². The molecule has 0 aliphatic carbocycles. The van der Waals surface area contributed by atoms with Crippen molar-refractivity contribution in [3.63, 3.8) is 0 Å². The maximum atomic E-state index is 12.3. The van der Waals surface area contributed by atoms with Gasteiger partial charge in [0.2, 0.25) is 5.88 Å². The van der Waals surface area contributed by atoms with Crippen molar-refractivity contribution in [2.24, 2.45) is 11.7 Å². The van der Waals surface area contributed by atoms with Crippen LogP contribution in [-0.2, 0) is 6.54 Å². The lowest BCUT2D eigenvalue weighted by atomic mass is 9.98. The lowest BCUT2D eigenvalue weighted by Gasteiger charge is -2.31. The van der Waals surface area contributed by atoms with Gasteiger partial charge in [-0.05, 0) is 49.4 Å². The summed E-state index contributed by atoms with van der Waals surface area (Å²) in [5.41, 5.74) is 8.46. The van der Waals surface area contributed by atoms with E-state index in [4.69, 9.17) is 10.5 Å². The molecule has 2 amide bonds. The Morgan fingerprint density at radius 1 is 1.27 bits per heavy atom. The molecule has 0 atom stereocenters. The smallest absolute Gasteiger partial charge is 0.321 e. The van der Waals surface area contributed by atoms with E-state index in [1.807, 2.05) is 54.3 Å². The average molecular weight is 354 g/mol. The number of pyridine rings is 1. The number of nitrogens with one attached hydrogen (secondary N) is 1. The fourth-order valence-corrected chi connectivity index (χ4v) is 3.13. The molecule has 0 saturated carbocycles. The summed E-state index contributed by atoms with van der Waals surface area (Å²) in [6, 6.07) is 13.4. The number of ether oxygens (including phenoxy) is 1. The quantitative estimate of drug-likeness (QED) is 0.864. The van der Waals surface area contributed by atoms with Gasteiger partial charge in [0.15, 0.2) is 0 Å². The molecule has 1 aromatic heterocycles. The zero-order valence-corrected chi connectivity index (χ0v) is 15.1. The molecule has 0 unspecified atom stereocenters. The zero-order chi connectivity index (χ0) is 18.4. The van der Waals surface area contributed by atoms with Crippen molar-refractivity contribution in [1.29, 1.82) is 0 Å². The number of urea groups is 1. The highest BCUT2D eigenvalue weighted by molar-refractivity contribution is 5.89. The Hall–Kier alpha value is -2.60. The van der Waals surface area contributed by atoms with Crippen LogP contribution in [0.15, 0.2) is 42.5 Å². The first-order valence-corrected chi connectivity index (χ1v) is 9.05. The zero-order valence-electron chi connectivity index (χ0n) is 15.1. The minimum absolute atomic E-state index is 0.0384. The summed E-state index contributed by atoms with van der Waals surface area (Å²) < 4.78 is 5.87. The molecule has 6 nitrogen and oxygen atoms in total. The molecule has 3 rings (SSSR count). The Bertz CT molecular complexity index is 728. The predicted molar refractivity (Wildman–Crippen MR) is 102 cm³/mol. The number of benzene rings is 1. The fraction of sp³-hybridized carbons (Fsp3) is 0.400. The van der Waals surface area contributed by atoms with E-state index in [0.717, 1.165) is 42.9 Å². The summed E-state index contributed by atoms with van der Waals surface area (Å²) in [5.74, 6) is 1.06. The number of rotatable bonds is 5. The number of hydrogen-bond acceptors (Lipinski definition) is 4. The van der Waals surface area contributed by atoms with Crippen LogP contribution < -0.4 is 15.8 Å². The summed E-state index contributed by atoms with van der Waals surface area (Å²) in [7, 11) is 0. The Morgan fingerprint density at radius 2 is 2.00 bits per heavy atom. The van der Waals surface area contributed by atoms with Crippen molar-refractivity contribution in [3.8, 4) is 5.88 Å². The van der Waals surface area contributed by atoms with Crippen LogP contribution >= 0.6 is 0 Å². The van der Waals surface area contributed by atoms with Gasteiger partial charge >= 0.3 is 6.03 Å². The van der Waals surface area contributed by atoms with Crippen LogP contribution in [0.1, 0.15) is 24.1 Å². The van der Waals surface area contributed by atoms with Gasteiger partial charge in [0.1, 0.15) is 0 Å². The van der Waals surface area contributed by atoms with E-state index < -0.39 is 0 Å². The number of amides is 2. The predicted octanol–water partition coefficient (Wildman–Crippen LogP) is 3.17. The molecule has 1 aromatic carbocycles. The lowest BCUT2D eigenvalue weighted by molar-refractivity contribution is 0.150. The minimum atomic E-state index is -0.0384. The molecule has 1 saturated heterocycles. The molecule has 0 bridgehead atoms. The second-order valence-electron chi connectivity index (χ2n) is 6.70. The van der Waals surface area contributed by atoms with Crippen LogP contribution in [-0.4, -0.2) is 35.6 Å². The van der Waals surface area contributed by atoms with Crippen LogP contribution in [0.25, 0.3) is 0 Å². The molecule has 1 aliphatic rings. The van der Waals surface area contributed by atoms with Gasteiger partial charge in [-0.1, -0.05) is 18.2 Å². The molecular weight excluding hydrogens is 328 g/mol. The fourth-order valence-electron chi connectivity index (χ4n) is 3.13. The number of piperidine rings is 1. The maximum Gasteiger partial charge on any atom is 0.321 e. The van der Waals surface area contributed by atoms with Crippen LogP contribution in [0, 0.1) is 12.8 Å². The Labute approximate surface area is 154 Å². The van der Waals surface area contributed by atoms with E-state index in [9.17, 15) is 4.79 Å². The molecule has 26 heavy (non-hydrogen) atoms. The number of hydrogen-bond donors (Lipinski definition) is 2. The normalized spacial score (nSPS) is 14.9. The third-order valence-electron chi connectivity index (χ3n) is 4.62. The van der Waals surface area contributed by atoms with Crippen molar-refractivity contribution >= 4 is 11.7 Å². The van der Waals surface area contributed by atoms with E-state index in [2.05, 4.69) is 10.3 Å². The van der Waals surface area contributed by atoms with Crippen molar-refractivity contribution < 1.29 is 9.53 Å². The number of para-hydroxylation sites is 1. The molecule has 138 valence electrons. The number of carbonyl (C=O) groups is 1. The van der Waals surface area contributed by atoms with Gasteiger partial charge in [0.05, 0.1) is 6.61 Å². The topological polar surface area (TPSA) is 80.5 Å². The Morgan fingerprint density at radius 3 is 2.69 bits per heavy atom. The van der Waals surface area contributed by atoms with E-state index in [0.29, 0.717) is 24.9 Å². The Kier molecular flexibility index (Phi) is 6.07. The number of likely N-dealkylation sites (tertiary alicyclic amines) is 1. The highest BCUT2D eigenvalue weighted by Gasteiger charge is 2.23. The van der Waals surface area contributed by atoms with Crippen molar-refractivity contribution in [2.75, 3.05) is 25.0 Å². The monoisotopic (exact) mass is 354 g/mol. The largest absolute Gasteiger partial charge is 0.477 e. The van der Waals surface area contributed by atoms with E-state index in [1.54, 1.807) is 0 Å². The number of carbonyl (C=O) groups excluding carboxylic acids is 1. The number of nitrogens with two attached hydrogens (primary N) is 1. The SMILES string of the molecule is Cc1cc(CN)cc(OCC2CCN(C(=O)Nc3ccccc3)CC2)n1. The maximum absolute atomic E-state index is 12.3. The van der Waals surface area contributed by atoms with Gasteiger partial charge in [-0.15, -0.1) is 0 Å². The molecule has 3 N–H and O–H groups in total. The first kappa shape index (κ1) is 18.2. The molecule has 0 radical (unpaired) electrons. The van der Waals surface area contributed by atoms with Crippen LogP contribution in [0.4, 0.5) is 10.5 Å². The van der Waals surface area contributed by atoms with E-state index in [1.165, 1.54) is 0 Å². The molecule has 1 fully saturated rings. The van der Waals surface area contributed by atoms with E-state index >= 15 is 0 Å². The highest BCUT2D eigenvalue weighted by atomic mass is 16.5. The van der Waals surface area contributed by atoms with Crippen LogP contribution in [0.2, 0.25) is 0 Å². The van der Waals surface area contributed by atoms with Crippen LogP contribution in [0.5, 0.6) is 5.88 Å². The number of nitrogens with zero attached hydrogens (tertiary/aromatic N) is 2. The van der Waals surface area contributed by atoms with Gasteiger partial charge in [0.25, 0.3) is 0 Å². The molecule has 6 heteroatoms. The van der Waals surface area contributed by atoms with Gasteiger partial charge in [-0.2, -0.15) is 0 Å². The highest BCUT2D eigenvalue weighted by Crippen LogP contribution is 2.20. The standard InChI is InChI=1S/C20H26N4O2/c1-15-11-17(13-21)12-19(22-15)26-14-16-7-9-24(10-8-16)20(25)23-18-5-3-2-4-6-18/h2-6,11-12,16H,7-10,13-14,21H2,1H3,(H,23,25). The van der Waals surface area contributed by atoms with Crippen molar-refractivity contribution in [3.05, 3.63) is 53.7 Å². The van der Waals surface area contributed by atoms with Gasteiger partial charge < -0.3 is 20.7 Å². The summed E-state index contributed by atoms with van der Waals surface area (Å²) in [4.78, 5) is 18.6. The number of aryl methyl sites for hydroxylation is 1. The minimum Gasteiger partial charge on any atom is -0.477 e. The summed E-state index contributed by atoms with van der Waals surface area (Å²) in [6.45, 7) is 4.52. The van der Waals surface area contributed by atoms with Crippen LogP contribution in [0.3, 0.4) is 0 Å². The summed E-state index contributed by atoms with van der Waals surface area (Å²) in [5, 5.41) is 2.94. The molecule has 2 aromatic rings. The third-order valence-corrected chi connectivity index (χ3v) is 4.62. The third kappa shape index (κ3) is 4.95. The van der Waals surface area contributed by atoms with Gasteiger partial charge in [0, 0.05) is 37.1 Å². The number of aromatic nitrogens is 1. The first-order valence-electron chi connectivity index (χ1n) is 9.05. The molecular formula is C20H26N4O2. The second-order valence-corrected chi connectivity index (χ2v) is 6.70. The number of anilines is 1. The summed E-state index contributed by atoms with van der Waals surface area (Å²) in [6.07, 6.45) is 1.86. The van der Waals surface area contributed by atoms with E-state index in [-0.39, 0.29) is 6.03 Å².